The maximum atomic E-state index is 11.2. The van der Waals surface area contributed by atoms with Crippen LogP contribution in [0.4, 0.5) is 5.69 Å². The van der Waals surface area contributed by atoms with Crippen LogP contribution in [-0.4, -0.2) is 103 Å². The summed E-state index contributed by atoms with van der Waals surface area (Å²) in [4.78, 5) is 48.0. The maximum absolute atomic E-state index is 11.2. The molecule has 13 nitrogen and oxygen atoms in total. The molecule has 0 bridgehead atoms. The van der Waals surface area contributed by atoms with Crippen LogP contribution in [0.3, 0.4) is 0 Å². The first-order valence-corrected chi connectivity index (χ1v) is 10.9. The second kappa shape index (κ2) is 18.5. The second-order valence-electron chi connectivity index (χ2n) is 7.59. The molecule has 2 N–H and O–H groups in total. The fourth-order valence-electron chi connectivity index (χ4n) is 3.14. The molecule has 0 heterocycles. The van der Waals surface area contributed by atoms with E-state index in [9.17, 15) is 39.6 Å². The van der Waals surface area contributed by atoms with Crippen molar-refractivity contribution in [2.45, 2.75) is 6.54 Å². The van der Waals surface area contributed by atoms with Gasteiger partial charge < -0.3 is 50.2 Å². The van der Waals surface area contributed by atoms with Gasteiger partial charge in [0.05, 0.1) is 23.9 Å². The molecule has 0 amide bonds. The number of hydrogen-bond donors (Lipinski definition) is 2. The number of carboxylic acid groups (broad SMARTS) is 4. The number of nitrogens with zero attached hydrogens (tertiary/aromatic N) is 3. The SMILES string of the molecule is CNC(=S)Nc1ccc(CN(CCN(CCN(CC(=O)[O-])CC(=O)[O-])CC(=O)[O-])CC(=O)[O-])cc1.[Eu+3]. The van der Waals surface area contributed by atoms with Crippen LogP contribution in [0.1, 0.15) is 5.56 Å². The Kier molecular flexibility index (Phi) is 17.6. The van der Waals surface area contributed by atoms with Gasteiger partial charge >= 0.3 is 49.4 Å². The van der Waals surface area contributed by atoms with E-state index < -0.39 is 50.1 Å². The van der Waals surface area contributed by atoms with Crippen molar-refractivity contribution in [3.8, 4) is 0 Å². The molecule has 0 spiro atoms. The van der Waals surface area contributed by atoms with Crippen molar-refractivity contribution in [1.29, 1.82) is 0 Å². The van der Waals surface area contributed by atoms with Crippen LogP contribution in [-0.2, 0) is 25.7 Å². The Bertz CT molecular complexity index is 874. The van der Waals surface area contributed by atoms with Crippen LogP contribution in [0.25, 0.3) is 0 Å². The molecule has 0 saturated heterocycles. The number of nitrogens with one attached hydrogen (secondary N) is 2. The predicted molar refractivity (Wildman–Crippen MR) is 120 cm³/mol. The molecule has 0 aliphatic rings. The molecule has 0 radical (unpaired) electrons. The van der Waals surface area contributed by atoms with Gasteiger partial charge in [0.25, 0.3) is 0 Å². The molecule has 0 aromatic heterocycles. The van der Waals surface area contributed by atoms with E-state index in [2.05, 4.69) is 10.6 Å². The number of carboxylic acids is 4. The summed E-state index contributed by atoms with van der Waals surface area (Å²) in [6.45, 7) is -1.95. The van der Waals surface area contributed by atoms with Crippen LogP contribution in [0.5, 0.6) is 0 Å². The Morgan fingerprint density at radius 1 is 0.722 bits per heavy atom. The first-order chi connectivity index (χ1) is 16.5. The fraction of sp³-hybridized carbons (Fsp3) is 0.476. The van der Waals surface area contributed by atoms with Crippen molar-refractivity contribution >= 4 is 46.9 Å². The number of aliphatic carboxylic acids is 4. The summed E-state index contributed by atoms with van der Waals surface area (Å²) in [5.41, 5.74) is 1.52. The van der Waals surface area contributed by atoms with Gasteiger partial charge in [-0.15, -0.1) is 0 Å². The number of hydrogen-bond acceptors (Lipinski definition) is 12. The zero-order chi connectivity index (χ0) is 26.4. The van der Waals surface area contributed by atoms with Crippen molar-refractivity contribution in [2.24, 2.45) is 0 Å². The molecule has 15 heteroatoms. The molecule has 1 aromatic rings. The van der Waals surface area contributed by atoms with Gasteiger partial charge in [-0.3, -0.25) is 14.7 Å². The number of thiocarbonyl (C=S) groups is 1. The topological polar surface area (TPSA) is 194 Å². The van der Waals surface area contributed by atoms with E-state index in [-0.39, 0.29) is 82.1 Å². The normalized spacial score (nSPS) is 10.7. The quantitative estimate of drug-likeness (QED) is 0.150. The largest absolute Gasteiger partial charge is 3.00 e. The molecular formula is C21H27EuN5O8S-. The molecule has 0 saturated carbocycles. The minimum Gasteiger partial charge on any atom is -0.549 e. The van der Waals surface area contributed by atoms with Crippen LogP contribution in [0.2, 0.25) is 0 Å². The van der Waals surface area contributed by atoms with Gasteiger partial charge in [-0.25, -0.2) is 0 Å². The van der Waals surface area contributed by atoms with Crippen molar-refractivity contribution in [2.75, 3.05) is 64.7 Å². The Balaban J connectivity index is 0.0000122. The number of carbonyl (C=O) groups is 4. The molecule has 198 valence electrons. The summed E-state index contributed by atoms with van der Waals surface area (Å²) >= 11 is 5.03. The van der Waals surface area contributed by atoms with Crippen LogP contribution in [0.15, 0.2) is 24.3 Å². The van der Waals surface area contributed by atoms with Gasteiger partial charge in [0, 0.05) is 71.6 Å². The van der Waals surface area contributed by atoms with Gasteiger partial charge in [0.1, 0.15) is 0 Å². The zero-order valence-corrected chi connectivity index (χ0v) is 22.8. The average molecular weight is 662 g/mol. The first-order valence-electron chi connectivity index (χ1n) is 10.5. The maximum Gasteiger partial charge on any atom is 3.00 e. The molecule has 0 aliphatic heterocycles. The van der Waals surface area contributed by atoms with Crippen LogP contribution >= 0.6 is 12.2 Å². The average Bonchev–Trinajstić information content (AvgIpc) is 2.75. The molecule has 1 aromatic carbocycles. The second-order valence-corrected chi connectivity index (χ2v) is 7.99. The third-order valence-electron chi connectivity index (χ3n) is 4.72. The zero-order valence-electron chi connectivity index (χ0n) is 19.6. The van der Waals surface area contributed by atoms with E-state index in [1.165, 1.54) is 4.90 Å². The van der Waals surface area contributed by atoms with Crippen molar-refractivity contribution in [3.63, 3.8) is 0 Å². The Labute approximate surface area is 255 Å². The summed E-state index contributed by atoms with van der Waals surface area (Å²) in [7, 11) is 1.68. The first kappa shape index (κ1) is 34.3. The molecule has 0 fully saturated rings. The van der Waals surface area contributed by atoms with E-state index in [1.807, 2.05) is 0 Å². The van der Waals surface area contributed by atoms with Crippen LogP contribution in [0, 0.1) is 49.4 Å². The number of rotatable bonds is 17. The Hall–Kier alpha value is -1.75. The fourth-order valence-corrected chi connectivity index (χ4v) is 3.26. The van der Waals surface area contributed by atoms with Gasteiger partial charge in [0.2, 0.25) is 0 Å². The van der Waals surface area contributed by atoms with E-state index >= 15 is 0 Å². The van der Waals surface area contributed by atoms with Crippen molar-refractivity contribution in [3.05, 3.63) is 29.8 Å². The monoisotopic (exact) mass is 662 g/mol. The Morgan fingerprint density at radius 2 is 1.11 bits per heavy atom. The van der Waals surface area contributed by atoms with E-state index in [0.717, 1.165) is 16.2 Å². The molecule has 0 aliphatic carbocycles. The van der Waals surface area contributed by atoms with E-state index in [4.69, 9.17) is 12.2 Å². The minimum atomic E-state index is -1.49. The minimum absolute atomic E-state index is 0. The number of anilines is 1. The predicted octanol–water partition coefficient (Wildman–Crippen LogP) is -5.99. The van der Waals surface area contributed by atoms with Crippen molar-refractivity contribution in [1.82, 2.24) is 20.0 Å². The van der Waals surface area contributed by atoms with Gasteiger partial charge in [-0.1, -0.05) is 12.1 Å². The molecule has 0 atom stereocenters. The molecule has 1 rings (SSSR count). The molecule has 36 heavy (non-hydrogen) atoms. The third-order valence-corrected chi connectivity index (χ3v) is 5.03. The molecular weight excluding hydrogens is 634 g/mol. The number of carbonyl (C=O) groups excluding carboxylic acids is 4. The summed E-state index contributed by atoms with van der Waals surface area (Å²) in [6.07, 6.45) is 0. The summed E-state index contributed by atoms with van der Waals surface area (Å²) in [6, 6.07) is 7.09. The summed E-state index contributed by atoms with van der Waals surface area (Å²) < 4.78 is 0. The summed E-state index contributed by atoms with van der Waals surface area (Å²) in [5, 5.41) is 50.2. The van der Waals surface area contributed by atoms with E-state index in [0.29, 0.717) is 5.11 Å². The standard InChI is InChI=1S/C21H31N5O8S.Eu/c1-22-21(35)23-16-4-2-15(3-5-16)10-25(12-18(29)30)8-6-24(11-17(27)28)7-9-26(13-19(31)32)14-20(33)34;/h2-5H,6-14H2,1H3,(H,27,28)(H,29,30)(H,31,32)(H,33,34)(H2,22,23,35);/q;+3/p-4. The van der Waals surface area contributed by atoms with E-state index in [1.54, 1.807) is 36.2 Å². The molecule has 0 unspecified atom stereocenters. The van der Waals surface area contributed by atoms with Gasteiger partial charge in [-0.2, -0.15) is 0 Å². The smallest absolute Gasteiger partial charge is 0.549 e. The Morgan fingerprint density at radius 3 is 1.56 bits per heavy atom. The van der Waals surface area contributed by atoms with Crippen molar-refractivity contribution < 1.29 is 89.0 Å². The van der Waals surface area contributed by atoms with Gasteiger partial charge in [0.15, 0.2) is 5.11 Å². The third kappa shape index (κ3) is 16.1. The van der Waals surface area contributed by atoms with Gasteiger partial charge in [-0.05, 0) is 29.9 Å². The summed E-state index contributed by atoms with van der Waals surface area (Å²) in [5.74, 6) is -5.70. The van der Waals surface area contributed by atoms with Crippen LogP contribution < -0.4 is 31.1 Å². The number of benzene rings is 1.